The van der Waals surface area contributed by atoms with Crippen molar-refractivity contribution in [1.82, 2.24) is 42.5 Å². The Morgan fingerprint density at radius 1 is 0.718 bits per heavy atom. The molecule has 40 heteroatoms. The number of nitrogens with one attached hydrogen (secondary N) is 8. The highest BCUT2D eigenvalue weighted by Gasteiger charge is 2.78. The SMILES string of the molecule is CO[C@H]1C(=O)[C@]2(C)[C@@H](OC)C[C@H]3OC[C@@]3(OC(C)=O)[C@H]2[C@H](OC(=O)c2ccccc2)[C@]2(O)C[C@H](OC(=O)[C@H](OC(=O)OCCSSCCC(=O)N[C@H](Cc3ccccc3)C(=O)N[C@H]3CSSC[C@@H](C(=O)N[C@H](CO)[C@@H](C)O)NC(=O)[C@H]([C@@H](C)O)NC(=O)[C@H](CCCCN)NC(=O)[C@@H](CC4=CCc5ccccc54)NC(=O)[C@H](Cc4ccccc4)CC3=O)[C@@H](NC(=O)OC(C)(C)C)c3ccccc3)C(C)=C1C2(C)C. The summed E-state index contributed by atoms with van der Waals surface area (Å²) in [5.74, 6) is -13.4. The maximum Gasteiger partial charge on any atom is 0.509 e. The first-order valence-electron chi connectivity index (χ1n) is 47.4. The van der Waals surface area contributed by atoms with Gasteiger partial charge >= 0.3 is 30.2 Å². The Hall–Kier alpha value is -10.8. The number of Topliss-reactive ketones (excluding diaryl/α,β-unsaturated/α-hetero) is 2. The summed E-state index contributed by atoms with van der Waals surface area (Å²) in [4.78, 5) is 208. The Kier molecular flexibility index (Phi) is 39.8. The average molecular weight is 2040 g/mol. The normalized spacial score (nSPS) is 26.6. The monoisotopic (exact) mass is 2040 g/mol. The van der Waals surface area contributed by atoms with Gasteiger partial charge in [0.25, 0.3) is 0 Å². The fraction of sp³-hybridized carbons (Fsp3) is 0.529. The van der Waals surface area contributed by atoms with E-state index in [0.717, 1.165) is 43.5 Å². The molecular formula is C102H131N9O27S4. The summed E-state index contributed by atoms with van der Waals surface area (Å²) in [7, 11) is 6.95. The number of methoxy groups -OCH3 is 2. The van der Waals surface area contributed by atoms with Crippen molar-refractivity contribution in [2.45, 2.75) is 254 Å². The number of rotatable bonds is 36. The fourth-order valence-electron chi connectivity index (χ4n) is 19.3. The van der Waals surface area contributed by atoms with Gasteiger partial charge in [-0.1, -0.05) is 197 Å². The summed E-state index contributed by atoms with van der Waals surface area (Å²) in [6.45, 7) is 13.7. The van der Waals surface area contributed by atoms with Crippen LogP contribution in [0.3, 0.4) is 0 Å². The van der Waals surface area contributed by atoms with Crippen LogP contribution in [0, 0.1) is 22.7 Å². The quantitative estimate of drug-likeness (QED) is 0.00616. The van der Waals surface area contributed by atoms with Crippen LogP contribution in [0.4, 0.5) is 9.59 Å². The van der Waals surface area contributed by atoms with Crippen LogP contribution in [-0.4, -0.2) is 275 Å². The molecule has 2 saturated heterocycles. The van der Waals surface area contributed by atoms with Gasteiger partial charge in [0.15, 0.2) is 17.2 Å². The third-order valence-corrected chi connectivity index (χ3v) is 31.6. The first kappa shape index (κ1) is 112. The Bertz CT molecular complexity index is 5350. The third-order valence-electron chi connectivity index (χ3n) is 26.8. The number of alkyl carbamates (subject to hydrolysis) is 1. The smallest absolute Gasteiger partial charge is 0.455 e. The molecule has 14 N–H and O–H groups in total. The molecule has 770 valence electrons. The van der Waals surface area contributed by atoms with Crippen molar-refractivity contribution in [3.8, 4) is 0 Å². The lowest BCUT2D eigenvalue weighted by atomic mass is 9.44. The van der Waals surface area contributed by atoms with Crippen LogP contribution in [0.15, 0.2) is 163 Å². The van der Waals surface area contributed by atoms with E-state index in [1.54, 1.807) is 146 Å². The second-order valence-corrected chi connectivity index (χ2v) is 43.4. The largest absolute Gasteiger partial charge is 0.509 e. The van der Waals surface area contributed by atoms with Gasteiger partial charge in [-0.05, 0) is 144 Å². The van der Waals surface area contributed by atoms with E-state index in [4.69, 9.17) is 48.4 Å². The van der Waals surface area contributed by atoms with Crippen molar-refractivity contribution < 1.29 is 130 Å². The van der Waals surface area contributed by atoms with E-state index in [-0.39, 0.29) is 97.0 Å². The van der Waals surface area contributed by atoms with Gasteiger partial charge < -0.3 is 111 Å². The number of allylic oxidation sites excluding steroid dienone is 1. The van der Waals surface area contributed by atoms with Gasteiger partial charge in [0.2, 0.25) is 47.5 Å². The number of nitrogens with two attached hydrogens (primary N) is 1. The molecule has 5 aromatic carbocycles. The molecule has 11 rings (SSSR count). The van der Waals surface area contributed by atoms with Crippen LogP contribution >= 0.6 is 43.2 Å². The lowest BCUT2D eigenvalue weighted by molar-refractivity contribution is -0.347. The minimum absolute atomic E-state index is 0.0154. The highest BCUT2D eigenvalue weighted by molar-refractivity contribution is 8.77. The Labute approximate surface area is 841 Å². The zero-order valence-electron chi connectivity index (χ0n) is 81.6. The maximum absolute atomic E-state index is 16.2. The van der Waals surface area contributed by atoms with Crippen molar-refractivity contribution >= 4 is 132 Å². The van der Waals surface area contributed by atoms with E-state index in [1.807, 2.05) is 30.3 Å². The molecule has 36 nitrogen and oxygen atoms in total. The predicted molar refractivity (Wildman–Crippen MR) is 531 cm³/mol. The van der Waals surface area contributed by atoms with Crippen molar-refractivity contribution in [3.63, 3.8) is 0 Å². The molecule has 4 fully saturated rings. The number of amides is 8. The molecule has 0 unspecified atom stereocenters. The topological polar surface area (TPSA) is 525 Å². The van der Waals surface area contributed by atoms with E-state index in [1.165, 1.54) is 70.1 Å². The van der Waals surface area contributed by atoms with Gasteiger partial charge in [-0.3, -0.25) is 47.9 Å². The van der Waals surface area contributed by atoms with Gasteiger partial charge in [-0.2, -0.15) is 0 Å². The highest BCUT2D eigenvalue weighted by atomic mass is 33.1. The highest BCUT2D eigenvalue weighted by Crippen LogP contribution is 2.65. The van der Waals surface area contributed by atoms with Gasteiger partial charge in [0, 0.05) is 94.0 Å². The summed E-state index contributed by atoms with van der Waals surface area (Å²) in [5.41, 5.74) is 1.37. The minimum atomic E-state index is -2.44. The number of ketones is 2. The number of carbonyl (C=O) groups excluding carboxylic acids is 14. The zero-order valence-corrected chi connectivity index (χ0v) is 84.9. The molecule has 0 radical (unpaired) electrons. The van der Waals surface area contributed by atoms with E-state index >= 15 is 28.8 Å². The minimum Gasteiger partial charge on any atom is -0.455 e. The molecule has 0 spiro atoms. The molecule has 2 aliphatic heterocycles. The van der Waals surface area contributed by atoms with Crippen molar-refractivity contribution in [2.24, 2.45) is 28.4 Å². The van der Waals surface area contributed by atoms with Crippen LogP contribution in [0.5, 0.6) is 0 Å². The lowest BCUT2D eigenvalue weighted by Crippen LogP contribution is -2.82. The van der Waals surface area contributed by atoms with E-state index in [0.29, 0.717) is 36.0 Å². The number of unbranched alkanes of at least 4 members (excludes halogenated alkanes) is 1. The summed E-state index contributed by atoms with van der Waals surface area (Å²) >= 11 is 0. The number of carbonyl (C=O) groups is 14. The van der Waals surface area contributed by atoms with Crippen LogP contribution in [0.1, 0.15) is 165 Å². The average Bonchev–Trinajstić information content (AvgIpc) is 0.694. The van der Waals surface area contributed by atoms with Crippen LogP contribution in [0.25, 0.3) is 5.57 Å². The number of ether oxygens (including phenoxy) is 9. The molecule has 2 heterocycles. The van der Waals surface area contributed by atoms with Crippen LogP contribution < -0.4 is 48.3 Å². The first-order valence-corrected chi connectivity index (χ1v) is 52.4. The summed E-state index contributed by atoms with van der Waals surface area (Å²) in [5, 5.41) is 68.1. The molecule has 6 aliphatic rings. The number of aliphatic hydroxyl groups is 4. The third kappa shape index (κ3) is 27.7. The van der Waals surface area contributed by atoms with Crippen LogP contribution in [0.2, 0.25) is 0 Å². The van der Waals surface area contributed by atoms with Crippen molar-refractivity contribution in [1.29, 1.82) is 0 Å². The standard InChI is InChI=1S/C102H131N9O27S4/c1-57-76(52-102(129)87(136-94(125)65-36-23-16-24-37-65)85-100(10,86(118)83(131-12)80(57)99(102,8)9)77(130-11)51-78-101(85,56-133-78)137-60(4)115)134-95(126)84(82(64-34-21-15-22-35-64)111-96(127)138-98(5,6)7)135-97(128)132-44-46-140-139-45-42-79(117)104-70(48-62-31-19-14-20-32-62)90(121)108-73-54-141-142-55-74(92(123)107-72(53-112)58(2)113)109-93(124)81(59(3)114)110-89(120)69(39-27-28-43-103)105-91(122)71(49-66-41-40-63-33-25-26-38-68(63)66)106-88(119)67(50-75(73)116)47-61-29-17-13-18-30-61/h13-26,29-38,41,58-59,67,69-74,76-78,81-85,87,112-114,129H,27-28,39-40,42-56,103H2,1-12H3,(H,104,117)(H,105,122)(H,106,119)(H,107,123)(H,108,121)(H,109,124)(H,110,120)(H,111,127)/t58-,59-,67-,69+,70-,71-,72-,73+,74+,76+,77+,78-,81+,82+,83-,84-,85+,87+,100-,101+,102-/m1/s1. The number of aliphatic hydroxyl groups excluding tert-OH is 3. The summed E-state index contributed by atoms with van der Waals surface area (Å²) < 4.78 is 55.4. The Morgan fingerprint density at radius 3 is 1.98 bits per heavy atom. The fourth-order valence-corrected chi connectivity index (χ4v) is 23.5. The van der Waals surface area contributed by atoms with E-state index < -0.39 is 246 Å². The van der Waals surface area contributed by atoms with Crippen molar-refractivity contribution in [2.75, 3.05) is 63.6 Å². The van der Waals surface area contributed by atoms with E-state index in [2.05, 4.69) is 42.5 Å². The first-order chi connectivity index (χ1) is 67.6. The predicted octanol–water partition coefficient (Wildman–Crippen LogP) is 7.26. The molecule has 4 aliphatic carbocycles. The zero-order chi connectivity index (χ0) is 103. The van der Waals surface area contributed by atoms with Gasteiger partial charge in [-0.15, -0.1) is 0 Å². The molecule has 5 aromatic rings. The summed E-state index contributed by atoms with van der Waals surface area (Å²) in [6.07, 6.45) is -13.1. The molecular weight excluding hydrogens is 1910 g/mol. The number of benzene rings is 5. The molecule has 0 aromatic heterocycles. The second-order valence-electron chi connectivity index (χ2n) is 38.1. The number of esters is 3. The van der Waals surface area contributed by atoms with Crippen molar-refractivity contribution in [3.05, 3.63) is 196 Å². The molecule has 2 saturated carbocycles. The molecule has 8 amide bonds. The Balaban J connectivity index is 0.828. The Morgan fingerprint density at radius 2 is 1.35 bits per heavy atom. The van der Waals surface area contributed by atoms with Gasteiger partial charge in [0.05, 0.1) is 60.5 Å². The second kappa shape index (κ2) is 50.7. The summed E-state index contributed by atoms with van der Waals surface area (Å²) in [6, 6.07) is 28.9. The molecule has 21 atom stereocenters. The number of fused-ring (bicyclic) bond motifs is 6. The number of hydrogen-bond acceptors (Lipinski definition) is 32. The number of hydrogen-bond donors (Lipinski definition) is 13. The maximum atomic E-state index is 16.2. The van der Waals surface area contributed by atoms with Crippen LogP contribution in [-0.2, 0) is 115 Å². The lowest BCUT2D eigenvalue weighted by Gasteiger charge is -2.67. The molecule has 2 bridgehead atoms. The van der Waals surface area contributed by atoms with Gasteiger partial charge in [-0.25, -0.2) is 19.2 Å². The van der Waals surface area contributed by atoms with Gasteiger partial charge in [0.1, 0.15) is 78.5 Å². The molecule has 142 heavy (non-hydrogen) atoms. The van der Waals surface area contributed by atoms with E-state index in [9.17, 15) is 58.8 Å².